The average Bonchev–Trinajstić information content (AvgIpc) is 2.91. The second-order valence-corrected chi connectivity index (χ2v) is 3.39. The van der Waals surface area contributed by atoms with Gasteiger partial charge in [0.1, 0.15) is 0 Å². The van der Waals surface area contributed by atoms with Gasteiger partial charge in [0.15, 0.2) is 0 Å². The van der Waals surface area contributed by atoms with Crippen LogP contribution in [0, 0.1) is 12.2 Å². The fourth-order valence-corrected chi connectivity index (χ4v) is 1.20. The van der Waals surface area contributed by atoms with Gasteiger partial charge in [-0.25, -0.2) is 12.2 Å². The zero-order valence-corrected chi connectivity index (χ0v) is 11.9. The van der Waals surface area contributed by atoms with Crippen LogP contribution in [0.1, 0.15) is 15.7 Å². The smallest absolute Gasteiger partial charge is 1.00 e. The van der Waals surface area contributed by atoms with Gasteiger partial charge in [-0.2, -0.15) is 38.5 Å². The third-order valence-electron chi connectivity index (χ3n) is 2.00. The predicted octanol–water partition coefficient (Wildman–Crippen LogP) is 4.70. The summed E-state index contributed by atoms with van der Waals surface area (Å²) in [4.78, 5) is 0. The number of alkyl halides is 6. The first-order chi connectivity index (χ1) is 8.21. The molecule has 104 valence electrons. The second kappa shape index (κ2) is 7.27. The van der Waals surface area contributed by atoms with E-state index in [-0.39, 0.29) is 41.9 Å². The van der Waals surface area contributed by atoms with Crippen LogP contribution in [0.5, 0.6) is 0 Å². The molecular formula is C12H10F6Zr. The minimum absolute atomic E-state index is 0. The van der Waals surface area contributed by atoms with Gasteiger partial charge in [0.25, 0.3) is 0 Å². The van der Waals surface area contributed by atoms with Gasteiger partial charge in [0.05, 0.1) is 0 Å². The summed E-state index contributed by atoms with van der Waals surface area (Å²) < 4.78 is 69.7. The molecule has 0 aromatic heterocycles. The van der Waals surface area contributed by atoms with Crippen molar-refractivity contribution in [2.45, 2.75) is 25.2 Å². The van der Waals surface area contributed by atoms with Crippen molar-refractivity contribution in [1.29, 1.82) is 0 Å². The minimum atomic E-state index is -4.20. The number of allylic oxidation sites excluding steroid dienone is 8. The molecule has 0 saturated carbocycles. The Bertz CT molecular complexity index is 378. The topological polar surface area (TPSA) is 0 Å². The van der Waals surface area contributed by atoms with Crippen LogP contribution in [0.2, 0.25) is 0 Å². The van der Waals surface area contributed by atoms with E-state index in [9.17, 15) is 26.3 Å². The van der Waals surface area contributed by atoms with Crippen LogP contribution in [-0.2, 0) is 26.2 Å². The van der Waals surface area contributed by atoms with Gasteiger partial charge in [-0.05, 0) is 0 Å². The average molecular weight is 359 g/mol. The summed E-state index contributed by atoms with van der Waals surface area (Å²) in [5.41, 5.74) is -1.30. The summed E-state index contributed by atoms with van der Waals surface area (Å²) in [5.74, 6) is 0. The first-order valence-corrected chi connectivity index (χ1v) is 4.90. The molecule has 0 heterocycles. The van der Waals surface area contributed by atoms with Crippen molar-refractivity contribution in [3.63, 3.8) is 0 Å². The van der Waals surface area contributed by atoms with E-state index in [0.717, 1.165) is 12.2 Å². The Balaban J connectivity index is -0.000000270. The first kappa shape index (κ1) is 18.4. The molecule has 0 N–H and O–H groups in total. The predicted molar refractivity (Wildman–Crippen MR) is 55.4 cm³/mol. The molecule has 0 nitrogen and oxygen atoms in total. The molecule has 0 unspecified atom stereocenters. The maximum absolute atomic E-state index is 11.6. The normalized spacial score (nSPS) is 17.4. The molecule has 0 aliphatic heterocycles. The molecule has 0 bridgehead atoms. The molecule has 0 aromatic carbocycles. The molecule has 0 radical (unpaired) electrons. The van der Waals surface area contributed by atoms with E-state index in [2.05, 4.69) is 12.2 Å². The summed E-state index contributed by atoms with van der Waals surface area (Å²) in [6.07, 6.45) is 1.47. The zero-order chi connectivity index (χ0) is 13.8. The Kier molecular flexibility index (Phi) is 7.05. The Morgan fingerprint density at radius 1 is 0.789 bits per heavy atom. The molecule has 2 rings (SSSR count). The van der Waals surface area contributed by atoms with E-state index >= 15 is 0 Å². The van der Waals surface area contributed by atoms with Crippen LogP contribution in [0.4, 0.5) is 26.3 Å². The molecule has 0 amide bonds. The van der Waals surface area contributed by atoms with Crippen LogP contribution >= 0.6 is 0 Å². The third kappa shape index (κ3) is 6.41. The molecule has 2 aliphatic rings. The summed E-state index contributed by atoms with van der Waals surface area (Å²) in [6.45, 7) is 0. The van der Waals surface area contributed by atoms with Crippen molar-refractivity contribution in [3.05, 3.63) is 47.6 Å². The minimum Gasteiger partial charge on any atom is -1.00 e. The van der Waals surface area contributed by atoms with Crippen LogP contribution in [0.15, 0.2) is 35.5 Å². The standard InChI is InChI=1S/2C6H4F3.Zr.2H/c2*7-6(8,9)5-3-1-2-4-5;;;/h2*1,3H,2H2;;;/q2*-1;+4;2*-1. The summed E-state index contributed by atoms with van der Waals surface area (Å²) >= 11 is 0. The van der Waals surface area contributed by atoms with Gasteiger partial charge in [0.2, 0.25) is 0 Å². The molecular weight excluding hydrogens is 349 g/mol. The van der Waals surface area contributed by atoms with Gasteiger partial charge >= 0.3 is 38.6 Å². The number of hydrogen-bond acceptors (Lipinski definition) is 0. The van der Waals surface area contributed by atoms with Gasteiger partial charge < -0.3 is 2.85 Å². The Labute approximate surface area is 128 Å². The Morgan fingerprint density at radius 2 is 1.11 bits per heavy atom. The van der Waals surface area contributed by atoms with Crippen molar-refractivity contribution in [2.75, 3.05) is 0 Å². The summed E-state index contributed by atoms with van der Waals surface area (Å²) in [5, 5.41) is 0. The fourth-order valence-electron chi connectivity index (χ4n) is 1.20. The van der Waals surface area contributed by atoms with E-state index < -0.39 is 23.5 Å². The molecule has 0 fully saturated rings. The summed E-state index contributed by atoms with van der Waals surface area (Å²) in [6, 6.07) is 0. The number of hydrogen-bond donors (Lipinski definition) is 0. The van der Waals surface area contributed by atoms with E-state index in [4.69, 9.17) is 0 Å². The first-order valence-electron chi connectivity index (χ1n) is 4.90. The second-order valence-electron chi connectivity index (χ2n) is 3.39. The maximum atomic E-state index is 11.6. The van der Waals surface area contributed by atoms with E-state index in [1.807, 2.05) is 0 Å². The molecule has 0 atom stereocenters. The maximum Gasteiger partial charge on any atom is 4.00 e. The van der Waals surface area contributed by atoms with Crippen LogP contribution in [0.3, 0.4) is 0 Å². The van der Waals surface area contributed by atoms with Crippen molar-refractivity contribution >= 4 is 0 Å². The van der Waals surface area contributed by atoms with Crippen molar-refractivity contribution in [3.8, 4) is 0 Å². The molecule has 2 aliphatic carbocycles. The Hall–Kier alpha value is -0.577. The van der Waals surface area contributed by atoms with Gasteiger partial charge in [-0.3, -0.25) is 12.2 Å². The summed E-state index contributed by atoms with van der Waals surface area (Å²) in [7, 11) is 0. The largest absolute Gasteiger partial charge is 4.00 e. The zero-order valence-electron chi connectivity index (χ0n) is 11.5. The quantitative estimate of drug-likeness (QED) is 0.434. The monoisotopic (exact) mass is 358 g/mol. The van der Waals surface area contributed by atoms with Crippen LogP contribution in [-0.4, -0.2) is 12.4 Å². The SMILES string of the molecule is FC(F)(F)C1=[C-]CC=C1.FC(F)(F)C1=[C-]CC=C1.[H-].[H-].[Zr+4]. The third-order valence-corrected chi connectivity index (χ3v) is 2.00. The van der Waals surface area contributed by atoms with Gasteiger partial charge in [-0.15, -0.1) is 24.0 Å². The molecule has 19 heavy (non-hydrogen) atoms. The Morgan fingerprint density at radius 3 is 1.21 bits per heavy atom. The molecule has 0 saturated heterocycles. The van der Waals surface area contributed by atoms with Crippen molar-refractivity contribution in [1.82, 2.24) is 0 Å². The number of rotatable bonds is 0. The van der Waals surface area contributed by atoms with Crippen molar-refractivity contribution < 1.29 is 55.4 Å². The molecule has 0 spiro atoms. The van der Waals surface area contributed by atoms with E-state index in [0.29, 0.717) is 0 Å². The van der Waals surface area contributed by atoms with Gasteiger partial charge in [-0.1, -0.05) is 0 Å². The van der Waals surface area contributed by atoms with Crippen molar-refractivity contribution in [2.24, 2.45) is 0 Å². The van der Waals surface area contributed by atoms with Crippen LogP contribution in [0.25, 0.3) is 0 Å². The fraction of sp³-hybridized carbons (Fsp3) is 0.333. The van der Waals surface area contributed by atoms with E-state index in [1.165, 1.54) is 12.2 Å². The van der Waals surface area contributed by atoms with Crippen LogP contribution < -0.4 is 0 Å². The van der Waals surface area contributed by atoms with Gasteiger partial charge in [0, 0.05) is 0 Å². The molecule has 7 heteroatoms. The number of halogens is 6. The van der Waals surface area contributed by atoms with E-state index in [1.54, 1.807) is 0 Å². The molecule has 0 aromatic rings.